The summed E-state index contributed by atoms with van der Waals surface area (Å²) in [6, 6.07) is 1.03. The second-order valence-corrected chi connectivity index (χ2v) is 4.74. The van der Waals surface area contributed by atoms with E-state index in [0.717, 1.165) is 0 Å². The Morgan fingerprint density at radius 1 is 1.05 bits per heavy atom. The fraction of sp³-hybridized carbons (Fsp3) is 0.429. The number of ketones is 1. The van der Waals surface area contributed by atoms with Crippen molar-refractivity contribution in [1.82, 2.24) is 4.90 Å². The smallest absolute Gasteiger partial charge is 0.230 e. The lowest BCUT2D eigenvalue weighted by Gasteiger charge is -2.26. The van der Waals surface area contributed by atoms with E-state index >= 15 is 0 Å². The average Bonchev–Trinajstić information content (AvgIpc) is 2.45. The Morgan fingerprint density at radius 2 is 1.67 bits per heavy atom. The van der Waals surface area contributed by atoms with Crippen LogP contribution in [0.1, 0.15) is 12.0 Å². The van der Waals surface area contributed by atoms with Crippen molar-refractivity contribution >= 4 is 11.7 Å². The molecular formula is C14H14F3NO3. The third-order valence-electron chi connectivity index (χ3n) is 3.19. The Kier molecular flexibility index (Phi) is 4.95. The first-order valence-electron chi connectivity index (χ1n) is 6.48. The number of rotatable bonds is 4. The Balaban J connectivity index is 1.95. The van der Waals surface area contributed by atoms with Gasteiger partial charge in [-0.25, -0.2) is 13.2 Å². The zero-order valence-corrected chi connectivity index (χ0v) is 11.2. The first-order valence-corrected chi connectivity index (χ1v) is 6.48. The fourth-order valence-corrected chi connectivity index (χ4v) is 2.07. The van der Waals surface area contributed by atoms with Crippen molar-refractivity contribution in [2.75, 3.05) is 26.3 Å². The highest BCUT2D eigenvalue weighted by Crippen LogP contribution is 2.15. The van der Waals surface area contributed by atoms with Gasteiger partial charge in [0, 0.05) is 25.6 Å². The minimum Gasteiger partial charge on any atom is -0.378 e. The fourth-order valence-electron chi connectivity index (χ4n) is 2.07. The van der Waals surface area contributed by atoms with Crippen LogP contribution in [0.25, 0.3) is 0 Å². The molecular weight excluding hydrogens is 287 g/mol. The molecule has 0 atom stereocenters. The minimum atomic E-state index is -1.31. The summed E-state index contributed by atoms with van der Waals surface area (Å²) in [5.74, 6) is -4.45. The van der Waals surface area contributed by atoms with E-state index in [4.69, 9.17) is 4.74 Å². The lowest BCUT2D eigenvalue weighted by Crippen LogP contribution is -2.41. The summed E-state index contributed by atoms with van der Waals surface area (Å²) in [6.07, 6.45) is -0.836. The second kappa shape index (κ2) is 6.71. The van der Waals surface area contributed by atoms with Gasteiger partial charge in [-0.2, -0.15) is 0 Å². The van der Waals surface area contributed by atoms with Crippen molar-refractivity contribution in [3.05, 3.63) is 35.1 Å². The van der Waals surface area contributed by atoms with E-state index in [9.17, 15) is 22.8 Å². The van der Waals surface area contributed by atoms with Crippen LogP contribution in [0.4, 0.5) is 13.2 Å². The van der Waals surface area contributed by atoms with Crippen LogP contribution in [0, 0.1) is 17.5 Å². The van der Waals surface area contributed by atoms with Gasteiger partial charge in [0.15, 0.2) is 11.6 Å². The van der Waals surface area contributed by atoms with E-state index in [0.29, 0.717) is 38.4 Å². The molecule has 2 rings (SSSR count). The normalized spacial score (nSPS) is 15.1. The summed E-state index contributed by atoms with van der Waals surface area (Å²) in [4.78, 5) is 25.1. The molecule has 1 heterocycles. The highest BCUT2D eigenvalue weighted by molar-refractivity contribution is 5.98. The molecule has 1 amide bonds. The predicted octanol–water partition coefficient (Wildman–Crippen LogP) is 1.46. The van der Waals surface area contributed by atoms with Crippen LogP contribution in [0.5, 0.6) is 0 Å². The second-order valence-electron chi connectivity index (χ2n) is 4.74. The van der Waals surface area contributed by atoms with E-state index in [-0.39, 0.29) is 11.5 Å². The molecule has 0 radical (unpaired) electrons. The topological polar surface area (TPSA) is 46.6 Å². The summed E-state index contributed by atoms with van der Waals surface area (Å²) >= 11 is 0. The van der Waals surface area contributed by atoms with Gasteiger partial charge in [0.2, 0.25) is 5.91 Å². The highest BCUT2D eigenvalue weighted by Gasteiger charge is 2.21. The molecule has 0 saturated carbocycles. The first kappa shape index (κ1) is 15.5. The van der Waals surface area contributed by atoms with E-state index < -0.39 is 36.1 Å². The maximum atomic E-state index is 13.4. The Morgan fingerprint density at radius 3 is 2.33 bits per heavy atom. The van der Waals surface area contributed by atoms with Gasteiger partial charge in [-0.15, -0.1) is 0 Å². The Labute approximate surface area is 119 Å². The number of halogens is 3. The largest absolute Gasteiger partial charge is 0.378 e. The maximum absolute atomic E-state index is 13.4. The molecule has 1 aliphatic rings. The molecule has 1 saturated heterocycles. The van der Waals surface area contributed by atoms with E-state index in [2.05, 4.69) is 0 Å². The number of morpholine rings is 1. The van der Waals surface area contributed by atoms with Gasteiger partial charge < -0.3 is 9.64 Å². The van der Waals surface area contributed by atoms with Crippen LogP contribution in [0.15, 0.2) is 12.1 Å². The zero-order valence-electron chi connectivity index (χ0n) is 11.2. The molecule has 1 aromatic rings. The van der Waals surface area contributed by atoms with E-state index in [1.165, 1.54) is 4.90 Å². The first-order chi connectivity index (χ1) is 9.97. The van der Waals surface area contributed by atoms with Crippen molar-refractivity contribution in [1.29, 1.82) is 0 Å². The zero-order chi connectivity index (χ0) is 15.4. The molecule has 7 heteroatoms. The summed E-state index contributed by atoms with van der Waals surface area (Å²) in [7, 11) is 0. The van der Waals surface area contributed by atoms with Gasteiger partial charge >= 0.3 is 0 Å². The number of benzene rings is 1. The minimum absolute atomic E-state index is 0.256. The number of carbonyl (C=O) groups excluding carboxylic acids is 2. The van der Waals surface area contributed by atoms with Crippen molar-refractivity contribution < 1.29 is 27.5 Å². The summed E-state index contributed by atoms with van der Waals surface area (Å²) < 4.78 is 44.3. The van der Waals surface area contributed by atoms with Crippen LogP contribution in [-0.2, 0) is 20.7 Å². The molecule has 1 aliphatic heterocycles. The molecule has 4 nitrogen and oxygen atoms in total. The average molecular weight is 301 g/mol. The molecule has 1 aromatic carbocycles. The summed E-state index contributed by atoms with van der Waals surface area (Å²) in [5.41, 5.74) is -0.256. The van der Waals surface area contributed by atoms with Gasteiger partial charge in [0.1, 0.15) is 11.6 Å². The van der Waals surface area contributed by atoms with Gasteiger partial charge in [0.05, 0.1) is 19.6 Å². The van der Waals surface area contributed by atoms with Crippen molar-refractivity contribution in [3.63, 3.8) is 0 Å². The number of nitrogens with zero attached hydrogens (tertiary/aromatic N) is 1. The number of hydrogen-bond acceptors (Lipinski definition) is 3. The van der Waals surface area contributed by atoms with Crippen LogP contribution < -0.4 is 0 Å². The van der Waals surface area contributed by atoms with Gasteiger partial charge in [-0.05, 0) is 11.6 Å². The van der Waals surface area contributed by atoms with E-state index in [1.54, 1.807) is 0 Å². The van der Waals surface area contributed by atoms with Gasteiger partial charge in [-0.3, -0.25) is 9.59 Å². The van der Waals surface area contributed by atoms with Crippen LogP contribution in [0.3, 0.4) is 0 Å². The number of amides is 1. The highest BCUT2D eigenvalue weighted by atomic mass is 19.2. The van der Waals surface area contributed by atoms with Crippen molar-refractivity contribution in [3.8, 4) is 0 Å². The lowest BCUT2D eigenvalue weighted by atomic mass is 10.1. The molecule has 0 spiro atoms. The monoisotopic (exact) mass is 301 g/mol. The Hall–Kier alpha value is -1.89. The lowest BCUT2D eigenvalue weighted by molar-refractivity contribution is -0.138. The molecule has 0 unspecified atom stereocenters. The van der Waals surface area contributed by atoms with Crippen molar-refractivity contribution in [2.24, 2.45) is 0 Å². The summed E-state index contributed by atoms with van der Waals surface area (Å²) in [6.45, 7) is 1.65. The third kappa shape index (κ3) is 4.04. The third-order valence-corrected chi connectivity index (χ3v) is 3.19. The predicted molar refractivity (Wildman–Crippen MR) is 67.0 cm³/mol. The van der Waals surface area contributed by atoms with Gasteiger partial charge in [-0.1, -0.05) is 0 Å². The Bertz CT molecular complexity index is 557. The van der Waals surface area contributed by atoms with Crippen molar-refractivity contribution in [2.45, 2.75) is 12.8 Å². The number of Topliss-reactive ketones (excluding diaryl/α,β-unsaturated/α-hetero) is 1. The molecule has 0 aromatic heterocycles. The molecule has 114 valence electrons. The molecule has 0 aliphatic carbocycles. The number of hydrogen-bond donors (Lipinski definition) is 0. The maximum Gasteiger partial charge on any atom is 0.230 e. The van der Waals surface area contributed by atoms with Crippen LogP contribution >= 0.6 is 0 Å². The van der Waals surface area contributed by atoms with Crippen LogP contribution in [-0.4, -0.2) is 42.9 Å². The molecule has 21 heavy (non-hydrogen) atoms. The number of ether oxygens (including phenoxy) is 1. The SMILES string of the molecule is O=C(CC(=O)N1CCOCC1)Cc1cc(F)c(F)cc1F. The quantitative estimate of drug-likeness (QED) is 0.625. The molecule has 0 N–H and O–H groups in total. The molecule has 0 bridgehead atoms. The standard InChI is InChI=1S/C14H14F3NO3/c15-11-8-13(17)12(16)6-9(11)5-10(19)7-14(20)18-1-3-21-4-2-18/h6,8H,1-5,7H2. The summed E-state index contributed by atoms with van der Waals surface area (Å²) in [5, 5.41) is 0. The number of carbonyl (C=O) groups is 2. The molecule has 1 fully saturated rings. The van der Waals surface area contributed by atoms with E-state index in [1.807, 2.05) is 0 Å². The van der Waals surface area contributed by atoms with Gasteiger partial charge in [0.25, 0.3) is 0 Å². The van der Waals surface area contributed by atoms with Crippen LogP contribution in [0.2, 0.25) is 0 Å².